The van der Waals surface area contributed by atoms with Crippen molar-refractivity contribution < 1.29 is 17.6 Å². The molecule has 0 saturated carbocycles. The minimum Gasteiger partial charge on any atom is -0.468 e. The molecule has 0 atom stereocenters. The zero-order valence-corrected chi connectivity index (χ0v) is 8.50. The summed E-state index contributed by atoms with van der Waals surface area (Å²) in [4.78, 5) is 10.6. The minimum absolute atomic E-state index is 0.122. The summed E-state index contributed by atoms with van der Waals surface area (Å²) in [7, 11) is -3.23. The fourth-order valence-corrected chi connectivity index (χ4v) is 1.50. The van der Waals surface area contributed by atoms with Gasteiger partial charge < -0.3 is 10.2 Å². The van der Waals surface area contributed by atoms with Crippen LogP contribution in [0.15, 0.2) is 21.6 Å². The maximum absolute atomic E-state index is 11.0. The van der Waals surface area contributed by atoms with E-state index in [1.54, 1.807) is 0 Å². The van der Waals surface area contributed by atoms with Crippen molar-refractivity contribution in [1.82, 2.24) is 0 Å². The maximum Gasteiger partial charge on any atom is 0.217 e. The fourth-order valence-electron chi connectivity index (χ4n) is 0.932. The van der Waals surface area contributed by atoms with E-state index in [-0.39, 0.29) is 11.3 Å². The van der Waals surface area contributed by atoms with Crippen molar-refractivity contribution in [3.63, 3.8) is 0 Å². The highest BCUT2D eigenvalue weighted by Gasteiger charge is 2.11. The van der Waals surface area contributed by atoms with Crippen LogP contribution in [0.5, 0.6) is 0 Å². The van der Waals surface area contributed by atoms with Crippen molar-refractivity contribution >= 4 is 15.7 Å². The van der Waals surface area contributed by atoms with Crippen molar-refractivity contribution in [1.29, 1.82) is 0 Å². The first kappa shape index (κ1) is 10.8. The number of nitrogens with two attached hydrogens (primary N) is 1. The van der Waals surface area contributed by atoms with E-state index < -0.39 is 15.7 Å². The Labute approximate surface area is 81.8 Å². The number of aryl methyl sites for hydroxylation is 1. The summed E-state index contributed by atoms with van der Waals surface area (Å²) in [5.74, 6) is 0.00605. The van der Waals surface area contributed by atoms with Gasteiger partial charge in [-0.15, -0.1) is 0 Å². The van der Waals surface area contributed by atoms with E-state index in [0.29, 0.717) is 12.2 Å². The van der Waals surface area contributed by atoms with Gasteiger partial charge >= 0.3 is 0 Å². The van der Waals surface area contributed by atoms with E-state index in [1.807, 2.05) is 0 Å². The Morgan fingerprint density at radius 2 is 2.21 bits per heavy atom. The second kappa shape index (κ2) is 3.83. The predicted octanol–water partition coefficient (Wildman–Crippen LogP) is 0.101. The Morgan fingerprint density at radius 1 is 1.57 bits per heavy atom. The number of primary amides is 1. The first-order valence-electron chi connectivity index (χ1n) is 3.95. The van der Waals surface area contributed by atoms with Crippen molar-refractivity contribution in [3.8, 4) is 0 Å². The van der Waals surface area contributed by atoms with Crippen molar-refractivity contribution in [2.45, 2.75) is 17.7 Å². The van der Waals surface area contributed by atoms with E-state index in [0.717, 1.165) is 12.5 Å². The third-order valence-electron chi connectivity index (χ3n) is 1.68. The van der Waals surface area contributed by atoms with Gasteiger partial charge in [0.25, 0.3) is 0 Å². The maximum atomic E-state index is 11.0. The van der Waals surface area contributed by atoms with Gasteiger partial charge in [-0.05, 0) is 6.07 Å². The molecule has 1 heterocycles. The first-order valence-corrected chi connectivity index (χ1v) is 5.84. The lowest BCUT2D eigenvalue weighted by molar-refractivity contribution is -0.118. The van der Waals surface area contributed by atoms with E-state index in [4.69, 9.17) is 10.2 Å². The molecule has 0 aliphatic carbocycles. The number of hydrogen-bond donors (Lipinski definition) is 1. The van der Waals surface area contributed by atoms with Gasteiger partial charge in [0.15, 0.2) is 9.84 Å². The van der Waals surface area contributed by atoms with Gasteiger partial charge in [-0.25, -0.2) is 8.42 Å². The molecule has 1 amide bonds. The van der Waals surface area contributed by atoms with Gasteiger partial charge in [0.2, 0.25) is 5.91 Å². The van der Waals surface area contributed by atoms with Crippen LogP contribution < -0.4 is 5.73 Å². The van der Waals surface area contributed by atoms with Crippen LogP contribution in [0.4, 0.5) is 0 Å². The molecule has 6 heteroatoms. The molecule has 0 spiro atoms. The smallest absolute Gasteiger partial charge is 0.217 e. The van der Waals surface area contributed by atoms with E-state index >= 15 is 0 Å². The molecule has 5 nitrogen and oxygen atoms in total. The van der Waals surface area contributed by atoms with E-state index in [1.165, 1.54) is 6.07 Å². The summed E-state index contributed by atoms with van der Waals surface area (Å²) in [5.41, 5.74) is 4.93. The monoisotopic (exact) mass is 217 g/mol. The molecule has 0 unspecified atom stereocenters. The highest BCUT2D eigenvalue weighted by molar-refractivity contribution is 7.90. The van der Waals surface area contributed by atoms with Crippen LogP contribution >= 0.6 is 0 Å². The zero-order valence-electron chi connectivity index (χ0n) is 7.69. The Hall–Kier alpha value is -1.30. The van der Waals surface area contributed by atoms with Crippen LogP contribution in [0.3, 0.4) is 0 Å². The zero-order chi connectivity index (χ0) is 10.8. The van der Waals surface area contributed by atoms with Crippen molar-refractivity contribution in [3.05, 3.63) is 18.1 Å². The average Bonchev–Trinajstić information content (AvgIpc) is 2.47. The molecular formula is C8H11NO4S. The highest BCUT2D eigenvalue weighted by Crippen LogP contribution is 2.14. The lowest BCUT2D eigenvalue weighted by atomic mass is 10.2. The number of amides is 1. The summed E-state index contributed by atoms with van der Waals surface area (Å²) in [6, 6.07) is 1.40. The first-order chi connectivity index (χ1) is 6.39. The number of furan rings is 1. The molecule has 14 heavy (non-hydrogen) atoms. The van der Waals surface area contributed by atoms with Crippen LogP contribution in [-0.4, -0.2) is 20.6 Å². The molecular weight excluding hydrogens is 206 g/mol. The van der Waals surface area contributed by atoms with Gasteiger partial charge in [0.05, 0.1) is 0 Å². The summed E-state index contributed by atoms with van der Waals surface area (Å²) >= 11 is 0. The third-order valence-corrected chi connectivity index (χ3v) is 2.75. The molecule has 1 rings (SSSR count). The number of carbonyl (C=O) groups is 1. The van der Waals surface area contributed by atoms with Crippen molar-refractivity contribution in [2.24, 2.45) is 5.73 Å². The van der Waals surface area contributed by atoms with E-state index in [9.17, 15) is 13.2 Å². The quantitative estimate of drug-likeness (QED) is 0.774. The standard InChI is InChI=1S/C8H11NO4S/c1-14(11,12)7-4-6(13-5-7)2-3-8(9)10/h4-5H,2-3H2,1H3,(H2,9,10). The predicted molar refractivity (Wildman–Crippen MR) is 49.3 cm³/mol. The molecule has 0 aromatic carbocycles. The Kier molecular flexibility index (Phi) is 2.95. The summed E-state index contributed by atoms with van der Waals surface area (Å²) in [5, 5.41) is 0. The van der Waals surface area contributed by atoms with Crippen LogP contribution in [0.2, 0.25) is 0 Å². The molecule has 78 valence electrons. The largest absolute Gasteiger partial charge is 0.468 e. The van der Waals surface area contributed by atoms with Crippen LogP contribution in [-0.2, 0) is 21.1 Å². The topological polar surface area (TPSA) is 90.4 Å². The van der Waals surface area contributed by atoms with Gasteiger partial charge in [0, 0.05) is 19.1 Å². The normalized spacial score (nSPS) is 11.5. The summed E-state index contributed by atoms with van der Waals surface area (Å²) in [6.45, 7) is 0. The molecule has 0 aliphatic rings. The molecule has 1 aromatic heterocycles. The highest BCUT2D eigenvalue weighted by atomic mass is 32.2. The molecule has 0 bridgehead atoms. The summed E-state index contributed by atoms with van der Waals surface area (Å²) in [6.07, 6.45) is 2.73. The van der Waals surface area contributed by atoms with Gasteiger partial charge in [-0.2, -0.15) is 0 Å². The molecule has 1 aromatic rings. The fraction of sp³-hybridized carbons (Fsp3) is 0.375. The molecule has 0 radical (unpaired) electrons. The van der Waals surface area contributed by atoms with Crippen LogP contribution in [0.25, 0.3) is 0 Å². The number of rotatable bonds is 4. The minimum atomic E-state index is -3.23. The van der Waals surface area contributed by atoms with Crippen LogP contribution in [0.1, 0.15) is 12.2 Å². The van der Waals surface area contributed by atoms with Gasteiger partial charge in [0.1, 0.15) is 16.9 Å². The second-order valence-electron chi connectivity index (χ2n) is 2.99. The number of carbonyl (C=O) groups excluding carboxylic acids is 1. The molecule has 0 fully saturated rings. The van der Waals surface area contributed by atoms with Gasteiger partial charge in [-0.1, -0.05) is 0 Å². The average molecular weight is 217 g/mol. The third kappa shape index (κ3) is 2.88. The lowest BCUT2D eigenvalue weighted by Crippen LogP contribution is -2.10. The number of sulfone groups is 1. The van der Waals surface area contributed by atoms with E-state index in [2.05, 4.69) is 0 Å². The molecule has 0 aliphatic heterocycles. The second-order valence-corrected chi connectivity index (χ2v) is 5.00. The van der Waals surface area contributed by atoms with Crippen LogP contribution in [0, 0.1) is 0 Å². The Bertz CT molecular complexity index is 432. The van der Waals surface area contributed by atoms with Gasteiger partial charge in [-0.3, -0.25) is 4.79 Å². The molecule has 0 saturated heterocycles. The molecule has 2 N–H and O–H groups in total. The SMILES string of the molecule is CS(=O)(=O)c1coc(CCC(N)=O)c1. The Balaban J connectivity index is 2.74. The number of hydrogen-bond acceptors (Lipinski definition) is 4. The Morgan fingerprint density at radius 3 is 2.64 bits per heavy atom. The van der Waals surface area contributed by atoms with Crippen molar-refractivity contribution in [2.75, 3.05) is 6.26 Å². The lowest BCUT2D eigenvalue weighted by Gasteiger charge is -1.90. The summed E-state index contributed by atoms with van der Waals surface area (Å²) < 4.78 is 27.0.